The van der Waals surface area contributed by atoms with Crippen LogP contribution < -0.4 is 0 Å². The first-order valence-corrected chi connectivity index (χ1v) is 12.4. The average Bonchev–Trinajstić information content (AvgIpc) is 2.74. The second-order valence-electron chi connectivity index (χ2n) is 7.45. The Hall–Kier alpha value is -2.13. The van der Waals surface area contributed by atoms with E-state index < -0.39 is 21.5 Å². The van der Waals surface area contributed by atoms with E-state index in [4.69, 9.17) is 28.4 Å². The molecule has 1 aliphatic rings. The first-order valence-electron chi connectivity index (χ1n) is 9.61. The van der Waals surface area contributed by atoms with Crippen molar-refractivity contribution in [2.45, 2.75) is 6.04 Å². The zero-order chi connectivity index (χ0) is 22.6. The zero-order valence-electron chi connectivity index (χ0n) is 16.9. The van der Waals surface area contributed by atoms with Crippen molar-refractivity contribution in [2.24, 2.45) is 5.16 Å². The molecule has 1 heterocycles. The highest BCUT2D eigenvalue weighted by molar-refractivity contribution is 7.91. The fraction of sp³-hybridized carbons (Fsp3) is 0.333. The third kappa shape index (κ3) is 6.20. The van der Waals surface area contributed by atoms with Gasteiger partial charge in [-0.3, -0.25) is 9.69 Å². The van der Waals surface area contributed by atoms with Crippen molar-refractivity contribution < 1.29 is 18.4 Å². The van der Waals surface area contributed by atoms with Crippen molar-refractivity contribution in [1.82, 2.24) is 9.80 Å². The summed E-state index contributed by atoms with van der Waals surface area (Å²) in [4.78, 5) is 16.4. The second-order valence-corrected chi connectivity index (χ2v) is 10.5. The molecule has 2 aromatic rings. The van der Waals surface area contributed by atoms with Crippen molar-refractivity contribution >= 4 is 44.7 Å². The molecular formula is C21H23Cl2N3O4S. The first-order chi connectivity index (χ1) is 14.7. The zero-order valence-corrected chi connectivity index (χ0v) is 19.2. The number of carbonyl (C=O) groups excluding carboxylic acids is 1. The van der Waals surface area contributed by atoms with Crippen LogP contribution in [-0.2, 0) is 14.6 Å². The molecular weight excluding hydrogens is 461 g/mol. The van der Waals surface area contributed by atoms with E-state index in [0.29, 0.717) is 36.2 Å². The Morgan fingerprint density at radius 3 is 1.81 bits per heavy atom. The smallest absolute Gasteiger partial charge is 0.272 e. The van der Waals surface area contributed by atoms with E-state index in [1.54, 1.807) is 0 Å². The Bertz CT molecular complexity index is 1000. The molecule has 0 unspecified atom stereocenters. The maximum Gasteiger partial charge on any atom is 0.272 e. The molecule has 1 fully saturated rings. The summed E-state index contributed by atoms with van der Waals surface area (Å²) in [6, 6.07) is 15.2. The van der Waals surface area contributed by atoms with Crippen LogP contribution >= 0.6 is 23.2 Å². The Kier molecular flexibility index (Phi) is 7.59. The van der Waals surface area contributed by atoms with Crippen LogP contribution in [-0.4, -0.2) is 73.2 Å². The summed E-state index contributed by atoms with van der Waals surface area (Å²) >= 11 is 12.1. The van der Waals surface area contributed by atoms with Crippen LogP contribution in [0.3, 0.4) is 0 Å². The normalized spacial score (nSPS) is 16.0. The maximum atomic E-state index is 12.6. The monoisotopic (exact) mass is 483 g/mol. The number of hydrogen-bond donors (Lipinski definition) is 1. The van der Waals surface area contributed by atoms with Crippen molar-refractivity contribution in [2.75, 3.05) is 38.2 Å². The number of amides is 1. The lowest BCUT2D eigenvalue weighted by atomic mass is 9.96. The average molecular weight is 484 g/mol. The number of halogens is 2. The molecule has 10 heteroatoms. The highest BCUT2D eigenvalue weighted by atomic mass is 35.5. The molecule has 0 aromatic heterocycles. The third-order valence-corrected chi connectivity index (χ3v) is 6.41. The molecule has 7 nitrogen and oxygen atoms in total. The highest BCUT2D eigenvalue weighted by Gasteiger charge is 2.31. The van der Waals surface area contributed by atoms with Crippen LogP contribution in [0.25, 0.3) is 0 Å². The predicted octanol–water partition coefficient (Wildman–Crippen LogP) is 3.10. The Morgan fingerprint density at radius 2 is 1.42 bits per heavy atom. The number of sulfone groups is 1. The van der Waals surface area contributed by atoms with Gasteiger partial charge in [0.05, 0.1) is 6.04 Å². The molecule has 166 valence electrons. The maximum absolute atomic E-state index is 12.6. The minimum Gasteiger partial charge on any atom is -0.410 e. The van der Waals surface area contributed by atoms with Gasteiger partial charge in [-0.05, 0) is 35.4 Å². The van der Waals surface area contributed by atoms with Gasteiger partial charge in [0.1, 0.15) is 5.75 Å². The molecule has 1 N–H and O–H groups in total. The number of nitrogens with zero attached hydrogens (tertiary/aromatic N) is 3. The van der Waals surface area contributed by atoms with Crippen LogP contribution in [0.4, 0.5) is 0 Å². The van der Waals surface area contributed by atoms with E-state index in [1.807, 2.05) is 48.5 Å². The standard InChI is InChI=1S/C21H23Cl2N3O4S/c1-31(29,30)14-19(24-28)21(27)26-12-10-25(11-13-26)20(15-2-6-17(22)7-3-15)16-4-8-18(23)9-5-16/h2-9,20,28H,10-14H2,1H3/b24-19-. The van der Waals surface area contributed by atoms with Crippen LogP contribution in [0, 0.1) is 0 Å². The SMILES string of the molecule is CS(=O)(=O)C/C(=N/O)C(=O)N1CCN(C(c2ccc(Cl)cc2)c2ccc(Cl)cc2)CC1. The van der Waals surface area contributed by atoms with E-state index in [0.717, 1.165) is 17.4 Å². The van der Waals surface area contributed by atoms with Gasteiger partial charge < -0.3 is 10.1 Å². The quantitative estimate of drug-likeness (QED) is 0.387. The molecule has 0 aliphatic carbocycles. The molecule has 1 aliphatic heterocycles. The third-order valence-electron chi connectivity index (χ3n) is 5.10. The van der Waals surface area contributed by atoms with Gasteiger partial charge >= 0.3 is 0 Å². The van der Waals surface area contributed by atoms with Crippen LogP contribution in [0.1, 0.15) is 17.2 Å². The molecule has 2 aromatic carbocycles. The minimum atomic E-state index is -3.49. The molecule has 0 atom stereocenters. The highest BCUT2D eigenvalue weighted by Crippen LogP contribution is 2.31. The number of piperazine rings is 1. The van der Waals surface area contributed by atoms with E-state index in [-0.39, 0.29) is 11.8 Å². The summed E-state index contributed by atoms with van der Waals surface area (Å²) in [7, 11) is -3.49. The van der Waals surface area contributed by atoms with E-state index in [2.05, 4.69) is 10.1 Å². The summed E-state index contributed by atoms with van der Waals surface area (Å²) in [6.07, 6.45) is 0.992. The van der Waals surface area contributed by atoms with E-state index in [9.17, 15) is 13.2 Å². The molecule has 1 amide bonds. The summed E-state index contributed by atoms with van der Waals surface area (Å²) in [5, 5.41) is 13.3. The summed E-state index contributed by atoms with van der Waals surface area (Å²) < 4.78 is 23.0. The van der Waals surface area contributed by atoms with Crippen LogP contribution in [0.5, 0.6) is 0 Å². The Morgan fingerprint density at radius 1 is 0.968 bits per heavy atom. The van der Waals surface area contributed by atoms with Gasteiger partial charge in [-0.1, -0.05) is 52.6 Å². The van der Waals surface area contributed by atoms with E-state index in [1.165, 1.54) is 4.90 Å². The van der Waals surface area contributed by atoms with Gasteiger partial charge in [0.15, 0.2) is 15.5 Å². The molecule has 1 saturated heterocycles. The van der Waals surface area contributed by atoms with Crippen molar-refractivity contribution in [3.05, 3.63) is 69.7 Å². The lowest BCUT2D eigenvalue weighted by Crippen LogP contribution is -2.52. The van der Waals surface area contributed by atoms with Crippen LogP contribution in [0.15, 0.2) is 53.7 Å². The van der Waals surface area contributed by atoms with Crippen molar-refractivity contribution in [3.63, 3.8) is 0 Å². The largest absolute Gasteiger partial charge is 0.410 e. The fourth-order valence-corrected chi connectivity index (χ4v) is 4.58. The molecule has 0 saturated carbocycles. The lowest BCUT2D eigenvalue weighted by Gasteiger charge is -2.39. The van der Waals surface area contributed by atoms with E-state index >= 15 is 0 Å². The van der Waals surface area contributed by atoms with Crippen molar-refractivity contribution in [3.8, 4) is 0 Å². The molecule has 3 rings (SSSR count). The van der Waals surface area contributed by atoms with Gasteiger partial charge in [-0.15, -0.1) is 0 Å². The topological polar surface area (TPSA) is 90.3 Å². The number of benzene rings is 2. The molecule has 31 heavy (non-hydrogen) atoms. The predicted molar refractivity (Wildman–Crippen MR) is 122 cm³/mol. The summed E-state index contributed by atoms with van der Waals surface area (Å²) in [5.41, 5.74) is 1.74. The van der Waals surface area contributed by atoms with Crippen molar-refractivity contribution in [1.29, 1.82) is 0 Å². The summed E-state index contributed by atoms with van der Waals surface area (Å²) in [5.74, 6) is -1.16. The van der Waals surface area contributed by atoms with Gasteiger partial charge in [0, 0.05) is 42.5 Å². The lowest BCUT2D eigenvalue weighted by molar-refractivity contribution is -0.126. The Labute approximate surface area is 191 Å². The number of hydrogen-bond acceptors (Lipinski definition) is 6. The minimum absolute atomic E-state index is 0.0613. The number of carbonyl (C=O) groups is 1. The molecule has 0 radical (unpaired) electrons. The second kappa shape index (κ2) is 9.99. The van der Waals surface area contributed by atoms with Gasteiger partial charge in [-0.25, -0.2) is 8.42 Å². The van der Waals surface area contributed by atoms with Gasteiger partial charge in [0.2, 0.25) is 0 Å². The first kappa shape index (κ1) is 23.5. The molecule has 0 bridgehead atoms. The number of oxime groups is 1. The Balaban J connectivity index is 1.78. The molecule has 0 spiro atoms. The van der Waals surface area contributed by atoms with Gasteiger partial charge in [-0.2, -0.15) is 0 Å². The number of rotatable bonds is 6. The summed E-state index contributed by atoms with van der Waals surface area (Å²) in [6.45, 7) is 1.86. The van der Waals surface area contributed by atoms with Gasteiger partial charge in [0.25, 0.3) is 5.91 Å². The van der Waals surface area contributed by atoms with Crippen LogP contribution in [0.2, 0.25) is 10.0 Å². The fourth-order valence-electron chi connectivity index (χ4n) is 3.65.